The van der Waals surface area contributed by atoms with Crippen molar-refractivity contribution in [1.82, 2.24) is 5.43 Å². The SMILES string of the molecule is COc1ccc(NC(=S)NN=Cc2ccc(OC(=O)c3ccccc3)cc2OC(=O)c2ccccc2)cc1. The first-order valence-electron chi connectivity index (χ1n) is 11.4. The summed E-state index contributed by atoms with van der Waals surface area (Å²) in [6.07, 6.45) is 1.44. The van der Waals surface area contributed by atoms with Gasteiger partial charge in [0.25, 0.3) is 0 Å². The number of carbonyl (C=O) groups excluding carboxylic acids is 2. The molecule has 0 saturated heterocycles. The molecule has 0 unspecified atom stereocenters. The van der Waals surface area contributed by atoms with Crippen LogP contribution in [0.5, 0.6) is 17.2 Å². The summed E-state index contributed by atoms with van der Waals surface area (Å²) in [6.45, 7) is 0. The minimum absolute atomic E-state index is 0.150. The monoisotopic (exact) mass is 525 g/mol. The molecule has 0 bridgehead atoms. The lowest BCUT2D eigenvalue weighted by molar-refractivity contribution is 0.0732. The van der Waals surface area contributed by atoms with E-state index < -0.39 is 11.9 Å². The Morgan fingerprint density at radius 1 is 0.763 bits per heavy atom. The number of hydrazone groups is 1. The number of benzene rings is 4. The van der Waals surface area contributed by atoms with Crippen molar-refractivity contribution in [3.05, 3.63) is 120 Å². The van der Waals surface area contributed by atoms with Gasteiger partial charge in [0.15, 0.2) is 5.11 Å². The first-order valence-corrected chi connectivity index (χ1v) is 11.9. The van der Waals surface area contributed by atoms with E-state index in [0.29, 0.717) is 16.7 Å². The quantitative estimate of drug-likeness (QED) is 0.103. The van der Waals surface area contributed by atoms with E-state index in [0.717, 1.165) is 11.4 Å². The van der Waals surface area contributed by atoms with Gasteiger partial charge in [0, 0.05) is 17.3 Å². The van der Waals surface area contributed by atoms with Crippen LogP contribution in [0.15, 0.2) is 108 Å². The van der Waals surface area contributed by atoms with Gasteiger partial charge in [0.05, 0.1) is 24.5 Å². The highest BCUT2D eigenvalue weighted by molar-refractivity contribution is 7.80. The Bertz CT molecular complexity index is 1440. The van der Waals surface area contributed by atoms with E-state index in [-0.39, 0.29) is 16.6 Å². The van der Waals surface area contributed by atoms with Crippen LogP contribution in [0.25, 0.3) is 0 Å². The fourth-order valence-corrected chi connectivity index (χ4v) is 3.41. The van der Waals surface area contributed by atoms with Crippen LogP contribution in [-0.2, 0) is 0 Å². The number of rotatable bonds is 8. The molecule has 0 aliphatic carbocycles. The number of carbonyl (C=O) groups is 2. The predicted octanol–water partition coefficient (Wildman–Crippen LogP) is 5.45. The van der Waals surface area contributed by atoms with E-state index >= 15 is 0 Å². The van der Waals surface area contributed by atoms with Crippen LogP contribution < -0.4 is 25.0 Å². The van der Waals surface area contributed by atoms with Crippen LogP contribution in [0.3, 0.4) is 0 Å². The Hall–Kier alpha value is -5.02. The first-order chi connectivity index (χ1) is 18.5. The Morgan fingerprint density at radius 3 is 1.95 bits per heavy atom. The molecular weight excluding hydrogens is 502 g/mol. The summed E-state index contributed by atoms with van der Waals surface area (Å²) in [6, 6.07) is 29.0. The van der Waals surface area contributed by atoms with Crippen LogP contribution in [0, 0.1) is 0 Å². The van der Waals surface area contributed by atoms with Crippen LogP contribution in [0.4, 0.5) is 5.69 Å². The Morgan fingerprint density at radius 2 is 1.34 bits per heavy atom. The van der Waals surface area contributed by atoms with Gasteiger partial charge in [-0.05, 0) is 72.9 Å². The lowest BCUT2D eigenvalue weighted by atomic mass is 10.2. The molecule has 0 spiro atoms. The molecule has 2 N–H and O–H groups in total. The second-order valence-corrected chi connectivity index (χ2v) is 8.17. The van der Waals surface area contributed by atoms with E-state index in [1.54, 1.807) is 92.0 Å². The molecule has 0 saturated carbocycles. The molecule has 190 valence electrons. The fraction of sp³-hybridized carbons (Fsp3) is 0.0345. The van der Waals surface area contributed by atoms with Gasteiger partial charge in [-0.15, -0.1) is 0 Å². The highest BCUT2D eigenvalue weighted by Crippen LogP contribution is 2.26. The van der Waals surface area contributed by atoms with Crippen molar-refractivity contribution in [2.24, 2.45) is 5.10 Å². The highest BCUT2D eigenvalue weighted by atomic mass is 32.1. The maximum Gasteiger partial charge on any atom is 0.343 e. The first kappa shape index (κ1) is 26.1. The van der Waals surface area contributed by atoms with E-state index in [1.165, 1.54) is 12.3 Å². The molecule has 0 aliphatic rings. The molecule has 4 rings (SSSR count). The van der Waals surface area contributed by atoms with Crippen molar-refractivity contribution < 1.29 is 23.8 Å². The normalized spacial score (nSPS) is 10.4. The van der Waals surface area contributed by atoms with Gasteiger partial charge in [-0.2, -0.15) is 5.10 Å². The predicted molar refractivity (Wildman–Crippen MR) is 149 cm³/mol. The molecule has 0 amide bonds. The van der Waals surface area contributed by atoms with Gasteiger partial charge >= 0.3 is 11.9 Å². The number of ether oxygens (including phenoxy) is 3. The van der Waals surface area contributed by atoms with Crippen molar-refractivity contribution in [2.45, 2.75) is 0 Å². The van der Waals surface area contributed by atoms with Crippen molar-refractivity contribution in [2.75, 3.05) is 12.4 Å². The summed E-state index contributed by atoms with van der Waals surface area (Å²) in [5.74, 6) is -0.0309. The molecule has 0 aromatic heterocycles. The van der Waals surface area contributed by atoms with Crippen LogP contribution in [0.2, 0.25) is 0 Å². The van der Waals surface area contributed by atoms with Crippen LogP contribution in [-0.4, -0.2) is 30.4 Å². The lowest BCUT2D eigenvalue weighted by Crippen LogP contribution is -2.23. The summed E-state index contributed by atoms with van der Waals surface area (Å²) < 4.78 is 16.2. The Balaban J connectivity index is 1.49. The molecule has 4 aromatic rings. The highest BCUT2D eigenvalue weighted by Gasteiger charge is 2.14. The van der Waals surface area contributed by atoms with Crippen LogP contribution >= 0.6 is 12.2 Å². The number of thiocarbonyl (C=S) groups is 1. The third-order valence-electron chi connectivity index (χ3n) is 5.13. The molecule has 8 nitrogen and oxygen atoms in total. The topological polar surface area (TPSA) is 98.2 Å². The van der Waals surface area contributed by atoms with E-state index in [2.05, 4.69) is 15.8 Å². The van der Waals surface area contributed by atoms with Crippen LogP contribution in [0.1, 0.15) is 26.3 Å². The zero-order valence-electron chi connectivity index (χ0n) is 20.3. The van der Waals surface area contributed by atoms with Gasteiger partial charge in [-0.25, -0.2) is 9.59 Å². The van der Waals surface area contributed by atoms with Crippen molar-refractivity contribution in [3.8, 4) is 17.2 Å². The smallest absolute Gasteiger partial charge is 0.343 e. The number of hydrogen-bond donors (Lipinski definition) is 2. The third-order valence-corrected chi connectivity index (χ3v) is 5.33. The number of nitrogens with zero attached hydrogens (tertiary/aromatic N) is 1. The molecular formula is C29H23N3O5S. The van der Waals surface area contributed by atoms with E-state index in [9.17, 15) is 9.59 Å². The van der Waals surface area contributed by atoms with Gasteiger partial charge in [0.2, 0.25) is 0 Å². The minimum Gasteiger partial charge on any atom is -0.497 e. The standard InChI is InChI=1S/C29H23N3O5S/c1-35-24-16-13-23(14-17-24)31-29(38)32-30-19-22-12-15-25(36-27(33)20-8-4-2-5-9-20)18-26(22)37-28(34)21-10-6-3-7-11-21/h2-19H,1H3,(H2,31,32,38). The fourth-order valence-electron chi connectivity index (χ4n) is 3.24. The van der Waals surface area contributed by atoms with E-state index in [1.807, 2.05) is 12.1 Å². The maximum atomic E-state index is 12.7. The number of nitrogens with one attached hydrogen (secondary N) is 2. The van der Waals surface area contributed by atoms with E-state index in [4.69, 9.17) is 26.4 Å². The molecule has 0 aliphatic heterocycles. The average Bonchev–Trinajstić information content (AvgIpc) is 2.95. The van der Waals surface area contributed by atoms with Gasteiger partial charge in [-0.3, -0.25) is 5.43 Å². The number of anilines is 1. The summed E-state index contributed by atoms with van der Waals surface area (Å²) in [7, 11) is 1.59. The molecule has 9 heteroatoms. The number of hydrogen-bond acceptors (Lipinski definition) is 7. The average molecular weight is 526 g/mol. The Kier molecular flexibility index (Phi) is 8.77. The summed E-state index contributed by atoms with van der Waals surface area (Å²) in [5.41, 5.74) is 4.68. The molecule has 0 radical (unpaired) electrons. The van der Waals surface area contributed by atoms with Crippen molar-refractivity contribution in [3.63, 3.8) is 0 Å². The van der Waals surface area contributed by atoms with Gasteiger partial charge in [0.1, 0.15) is 17.2 Å². The van der Waals surface area contributed by atoms with Crippen molar-refractivity contribution >= 4 is 41.2 Å². The summed E-state index contributed by atoms with van der Waals surface area (Å²) in [5, 5.41) is 7.40. The molecule has 4 aromatic carbocycles. The summed E-state index contributed by atoms with van der Waals surface area (Å²) in [4.78, 5) is 25.2. The largest absolute Gasteiger partial charge is 0.497 e. The second-order valence-electron chi connectivity index (χ2n) is 7.76. The molecule has 0 atom stereocenters. The molecule has 0 heterocycles. The Labute approximate surface area is 224 Å². The minimum atomic E-state index is -0.573. The van der Waals surface area contributed by atoms with Gasteiger partial charge < -0.3 is 19.5 Å². The molecule has 0 fully saturated rings. The molecule has 38 heavy (non-hydrogen) atoms. The summed E-state index contributed by atoms with van der Waals surface area (Å²) >= 11 is 5.28. The zero-order valence-corrected chi connectivity index (χ0v) is 21.1. The zero-order chi connectivity index (χ0) is 26.7. The van der Waals surface area contributed by atoms with Crippen molar-refractivity contribution in [1.29, 1.82) is 0 Å². The maximum absolute atomic E-state index is 12.7. The number of esters is 2. The number of methoxy groups -OCH3 is 1. The van der Waals surface area contributed by atoms with Gasteiger partial charge in [-0.1, -0.05) is 36.4 Å². The third kappa shape index (κ3) is 7.25. The second kappa shape index (κ2) is 12.8. The lowest BCUT2D eigenvalue weighted by Gasteiger charge is -2.11.